The number of hydrogen-bond donors (Lipinski definition) is 1. The summed E-state index contributed by atoms with van der Waals surface area (Å²) in [6.07, 6.45) is 0.674. The fourth-order valence-corrected chi connectivity index (χ4v) is 2.97. The summed E-state index contributed by atoms with van der Waals surface area (Å²) >= 11 is 0. The highest BCUT2D eigenvalue weighted by atomic mass is 16.5. The van der Waals surface area contributed by atoms with E-state index in [4.69, 9.17) is 4.74 Å². The summed E-state index contributed by atoms with van der Waals surface area (Å²) in [7, 11) is 0. The molecule has 0 atom stereocenters. The molecule has 1 aliphatic heterocycles. The number of nitrogens with one attached hydrogen (secondary N) is 1. The molecule has 1 heterocycles. The van der Waals surface area contributed by atoms with E-state index in [-0.39, 0.29) is 30.7 Å². The number of para-hydroxylation sites is 1. The molecule has 0 fully saturated rings. The number of carbonyl (C=O) groups is 3. The molecule has 0 radical (unpaired) electrons. The minimum Gasteiger partial charge on any atom is -0.492 e. The first kappa shape index (κ1) is 18.6. The normalized spacial score (nSPS) is 12.9. The van der Waals surface area contributed by atoms with Gasteiger partial charge in [0.1, 0.15) is 12.4 Å². The van der Waals surface area contributed by atoms with Crippen LogP contribution in [0.3, 0.4) is 0 Å². The molecule has 3 rings (SSSR count). The van der Waals surface area contributed by atoms with Gasteiger partial charge in [0, 0.05) is 13.0 Å². The van der Waals surface area contributed by atoms with Gasteiger partial charge in [0.15, 0.2) is 0 Å². The van der Waals surface area contributed by atoms with Crippen LogP contribution in [-0.2, 0) is 4.79 Å². The maximum absolute atomic E-state index is 12.4. The highest BCUT2D eigenvalue weighted by Gasteiger charge is 2.34. The van der Waals surface area contributed by atoms with Crippen molar-refractivity contribution >= 4 is 17.7 Å². The SMILES string of the molecule is Cc1ccc2c(c1)C(=O)N(CCCC(=O)NCCOc1ccccc1)C2=O. The van der Waals surface area contributed by atoms with Crippen molar-refractivity contribution in [2.75, 3.05) is 19.7 Å². The van der Waals surface area contributed by atoms with Gasteiger partial charge in [-0.15, -0.1) is 0 Å². The first-order valence-electron chi connectivity index (χ1n) is 8.97. The zero-order valence-electron chi connectivity index (χ0n) is 15.2. The van der Waals surface area contributed by atoms with Crippen LogP contribution in [-0.4, -0.2) is 42.3 Å². The molecular weight excluding hydrogens is 344 g/mol. The first-order valence-corrected chi connectivity index (χ1v) is 8.97. The number of rotatable bonds is 8. The van der Waals surface area contributed by atoms with Crippen molar-refractivity contribution in [2.24, 2.45) is 0 Å². The summed E-state index contributed by atoms with van der Waals surface area (Å²) < 4.78 is 5.50. The Morgan fingerprint density at radius 3 is 2.56 bits per heavy atom. The topological polar surface area (TPSA) is 75.7 Å². The Hall–Kier alpha value is -3.15. The first-order chi connectivity index (χ1) is 13.1. The highest BCUT2D eigenvalue weighted by molar-refractivity contribution is 6.21. The molecule has 27 heavy (non-hydrogen) atoms. The molecule has 0 aromatic heterocycles. The minimum atomic E-state index is -0.285. The summed E-state index contributed by atoms with van der Waals surface area (Å²) in [5.41, 5.74) is 1.82. The summed E-state index contributed by atoms with van der Waals surface area (Å²) in [6, 6.07) is 14.6. The fraction of sp³-hybridized carbons (Fsp3) is 0.286. The van der Waals surface area contributed by atoms with Gasteiger partial charge in [-0.05, 0) is 37.6 Å². The third-order valence-corrected chi connectivity index (χ3v) is 4.35. The lowest BCUT2D eigenvalue weighted by Gasteiger charge is -2.13. The van der Waals surface area contributed by atoms with E-state index in [1.807, 2.05) is 43.3 Å². The molecular formula is C21H22N2O4. The van der Waals surface area contributed by atoms with Crippen molar-refractivity contribution in [3.63, 3.8) is 0 Å². The van der Waals surface area contributed by atoms with Gasteiger partial charge in [-0.2, -0.15) is 0 Å². The van der Waals surface area contributed by atoms with Crippen LogP contribution < -0.4 is 10.1 Å². The second kappa shape index (κ2) is 8.49. The number of nitrogens with zero attached hydrogens (tertiary/aromatic N) is 1. The zero-order valence-corrected chi connectivity index (χ0v) is 15.2. The lowest BCUT2D eigenvalue weighted by Crippen LogP contribution is -2.32. The molecule has 1 N–H and O–H groups in total. The third kappa shape index (κ3) is 4.53. The van der Waals surface area contributed by atoms with Crippen molar-refractivity contribution in [1.82, 2.24) is 10.2 Å². The van der Waals surface area contributed by atoms with Crippen molar-refractivity contribution in [1.29, 1.82) is 0 Å². The van der Waals surface area contributed by atoms with E-state index in [2.05, 4.69) is 5.32 Å². The molecule has 0 bridgehead atoms. The van der Waals surface area contributed by atoms with E-state index in [1.54, 1.807) is 12.1 Å². The van der Waals surface area contributed by atoms with Gasteiger partial charge < -0.3 is 10.1 Å². The minimum absolute atomic E-state index is 0.126. The molecule has 6 heteroatoms. The average Bonchev–Trinajstić information content (AvgIpc) is 2.90. The van der Waals surface area contributed by atoms with Crippen LogP contribution in [0, 0.1) is 6.92 Å². The molecule has 0 aliphatic carbocycles. The molecule has 0 saturated heterocycles. The summed E-state index contributed by atoms with van der Waals surface area (Å²) in [6.45, 7) is 2.90. The number of carbonyl (C=O) groups excluding carboxylic acids is 3. The van der Waals surface area contributed by atoms with E-state index in [0.717, 1.165) is 11.3 Å². The van der Waals surface area contributed by atoms with E-state index in [9.17, 15) is 14.4 Å². The molecule has 2 aromatic rings. The lowest BCUT2D eigenvalue weighted by atomic mass is 10.1. The Balaban J connectivity index is 1.38. The van der Waals surface area contributed by atoms with E-state index in [0.29, 0.717) is 30.7 Å². The summed E-state index contributed by atoms with van der Waals surface area (Å²) in [4.78, 5) is 37.8. The van der Waals surface area contributed by atoms with Gasteiger partial charge >= 0.3 is 0 Å². The zero-order chi connectivity index (χ0) is 19.2. The van der Waals surface area contributed by atoms with E-state index in [1.165, 1.54) is 4.90 Å². The molecule has 140 valence electrons. The van der Waals surface area contributed by atoms with Crippen molar-refractivity contribution < 1.29 is 19.1 Å². The van der Waals surface area contributed by atoms with Crippen LogP contribution in [0.25, 0.3) is 0 Å². The molecule has 0 unspecified atom stereocenters. The second-order valence-electron chi connectivity index (χ2n) is 6.43. The Morgan fingerprint density at radius 1 is 1.04 bits per heavy atom. The third-order valence-electron chi connectivity index (χ3n) is 4.35. The van der Waals surface area contributed by atoms with Gasteiger partial charge in [-0.3, -0.25) is 19.3 Å². The largest absolute Gasteiger partial charge is 0.492 e. The highest BCUT2D eigenvalue weighted by Crippen LogP contribution is 2.24. The number of amides is 3. The van der Waals surface area contributed by atoms with Crippen molar-refractivity contribution in [3.05, 3.63) is 65.2 Å². The van der Waals surface area contributed by atoms with Crippen LogP contribution in [0.15, 0.2) is 48.5 Å². The van der Waals surface area contributed by atoms with Crippen LogP contribution in [0.4, 0.5) is 0 Å². The lowest BCUT2D eigenvalue weighted by molar-refractivity contribution is -0.121. The number of imide groups is 1. The number of aryl methyl sites for hydroxylation is 1. The standard InChI is InChI=1S/C21H22N2O4/c1-15-9-10-17-18(14-15)21(26)23(20(17)25)12-5-8-19(24)22-11-13-27-16-6-3-2-4-7-16/h2-4,6-7,9-10,14H,5,8,11-13H2,1H3,(H,22,24). The fourth-order valence-electron chi connectivity index (χ4n) is 2.97. The average molecular weight is 366 g/mol. The Bertz CT molecular complexity index is 849. The molecule has 0 saturated carbocycles. The number of hydrogen-bond acceptors (Lipinski definition) is 4. The van der Waals surface area contributed by atoms with Gasteiger partial charge in [0.05, 0.1) is 17.7 Å². The van der Waals surface area contributed by atoms with Gasteiger partial charge in [0.2, 0.25) is 5.91 Å². The predicted molar refractivity (Wildman–Crippen MR) is 101 cm³/mol. The monoisotopic (exact) mass is 366 g/mol. The van der Waals surface area contributed by atoms with Gasteiger partial charge in [0.25, 0.3) is 11.8 Å². The van der Waals surface area contributed by atoms with Crippen LogP contribution in [0.5, 0.6) is 5.75 Å². The smallest absolute Gasteiger partial charge is 0.261 e. The Labute approximate surface area is 158 Å². The second-order valence-corrected chi connectivity index (χ2v) is 6.43. The Kier molecular flexibility index (Phi) is 5.86. The van der Waals surface area contributed by atoms with Gasteiger partial charge in [-0.1, -0.05) is 29.8 Å². The molecule has 0 spiro atoms. The maximum Gasteiger partial charge on any atom is 0.261 e. The Morgan fingerprint density at radius 2 is 1.78 bits per heavy atom. The molecule has 3 amide bonds. The predicted octanol–water partition coefficient (Wildman–Crippen LogP) is 2.57. The quantitative estimate of drug-likeness (QED) is 0.575. The van der Waals surface area contributed by atoms with Crippen molar-refractivity contribution in [3.8, 4) is 5.75 Å². The van der Waals surface area contributed by atoms with Crippen LogP contribution in [0.2, 0.25) is 0 Å². The number of ether oxygens (including phenoxy) is 1. The van der Waals surface area contributed by atoms with Crippen molar-refractivity contribution in [2.45, 2.75) is 19.8 Å². The van der Waals surface area contributed by atoms with E-state index < -0.39 is 0 Å². The molecule has 1 aliphatic rings. The number of fused-ring (bicyclic) bond motifs is 1. The molecule has 6 nitrogen and oxygen atoms in total. The van der Waals surface area contributed by atoms with Crippen LogP contribution >= 0.6 is 0 Å². The summed E-state index contributed by atoms with van der Waals surface area (Å²) in [5.74, 6) is 0.0637. The van der Waals surface area contributed by atoms with Gasteiger partial charge in [-0.25, -0.2) is 0 Å². The number of benzene rings is 2. The maximum atomic E-state index is 12.4. The summed E-state index contributed by atoms with van der Waals surface area (Å²) in [5, 5.41) is 2.77. The van der Waals surface area contributed by atoms with E-state index >= 15 is 0 Å². The van der Waals surface area contributed by atoms with Crippen LogP contribution in [0.1, 0.15) is 39.1 Å². The molecule has 2 aromatic carbocycles.